The highest BCUT2D eigenvalue weighted by Gasteiger charge is 2.20. The minimum Gasteiger partial charge on any atom is -0.359 e. The first-order chi connectivity index (χ1) is 7.02. The Labute approximate surface area is 95.1 Å². The van der Waals surface area contributed by atoms with Crippen LogP contribution in [0.25, 0.3) is 0 Å². The molecule has 0 aliphatic carbocycles. The minimum absolute atomic E-state index is 0.0156. The summed E-state index contributed by atoms with van der Waals surface area (Å²) in [4.78, 5) is 17.2. The Morgan fingerprint density at radius 3 is 2.87 bits per heavy atom. The van der Waals surface area contributed by atoms with E-state index in [0.717, 1.165) is 6.33 Å². The second-order valence-electron chi connectivity index (χ2n) is 2.49. The molecule has 6 nitrogen and oxygen atoms in total. The van der Waals surface area contributed by atoms with Crippen molar-refractivity contribution in [3.63, 3.8) is 0 Å². The summed E-state index contributed by atoms with van der Waals surface area (Å²) in [7, 11) is 0. The predicted molar refractivity (Wildman–Crippen MR) is 57.2 cm³/mol. The molecule has 0 aliphatic rings. The lowest BCUT2D eigenvalue weighted by atomic mass is 10.4. The molecule has 1 aromatic heterocycles. The maximum atomic E-state index is 10.6. The van der Waals surface area contributed by atoms with Gasteiger partial charge in [-0.15, -0.1) is 0 Å². The van der Waals surface area contributed by atoms with Gasteiger partial charge in [0.05, 0.1) is 11.5 Å². The van der Waals surface area contributed by atoms with Crippen molar-refractivity contribution < 1.29 is 4.92 Å². The monoisotopic (exact) mass is 248 g/mol. The number of halogens is 2. The van der Waals surface area contributed by atoms with E-state index < -0.39 is 4.92 Å². The average molecular weight is 249 g/mol. The van der Waals surface area contributed by atoms with Crippen LogP contribution in [-0.2, 0) is 0 Å². The summed E-state index contributed by atoms with van der Waals surface area (Å²) in [6.45, 7) is 3.59. The first-order valence-corrected chi connectivity index (χ1v) is 4.50. The summed E-state index contributed by atoms with van der Waals surface area (Å²) < 4.78 is 0. The Balaban J connectivity index is 3.01. The van der Waals surface area contributed by atoms with Gasteiger partial charge < -0.3 is 5.32 Å². The van der Waals surface area contributed by atoms with Gasteiger partial charge in [-0.2, -0.15) is 0 Å². The molecule has 1 rings (SSSR count). The van der Waals surface area contributed by atoms with Crippen LogP contribution in [0.1, 0.15) is 0 Å². The molecule has 0 spiro atoms. The lowest BCUT2D eigenvalue weighted by molar-refractivity contribution is -0.384. The van der Waals surface area contributed by atoms with Gasteiger partial charge in [0.25, 0.3) is 0 Å². The van der Waals surface area contributed by atoms with Crippen LogP contribution in [0, 0.1) is 10.1 Å². The van der Waals surface area contributed by atoms with Gasteiger partial charge in [0.15, 0.2) is 0 Å². The van der Waals surface area contributed by atoms with Gasteiger partial charge in [0.1, 0.15) is 6.33 Å². The van der Waals surface area contributed by atoms with Crippen LogP contribution < -0.4 is 5.32 Å². The first-order valence-electron chi connectivity index (χ1n) is 3.74. The number of rotatable bonds is 4. The number of nitrogens with one attached hydrogen (secondary N) is 1. The average Bonchev–Trinajstić information content (AvgIpc) is 2.13. The molecule has 0 atom stereocenters. The fraction of sp³-hybridized carbons (Fsp3) is 0.143. The van der Waals surface area contributed by atoms with Crippen molar-refractivity contribution in [2.24, 2.45) is 0 Å². The van der Waals surface area contributed by atoms with E-state index in [2.05, 4.69) is 21.9 Å². The molecule has 1 aromatic rings. The molecule has 15 heavy (non-hydrogen) atoms. The van der Waals surface area contributed by atoms with Gasteiger partial charge in [-0.3, -0.25) is 10.1 Å². The van der Waals surface area contributed by atoms with Crippen LogP contribution in [0.3, 0.4) is 0 Å². The van der Waals surface area contributed by atoms with Crippen LogP contribution in [-0.4, -0.2) is 21.4 Å². The molecule has 8 heteroatoms. The summed E-state index contributed by atoms with van der Waals surface area (Å²) in [6.07, 6.45) is 1.12. The predicted octanol–water partition coefficient (Wildman–Crippen LogP) is 2.20. The number of anilines is 1. The fourth-order valence-electron chi connectivity index (χ4n) is 0.828. The molecule has 0 unspecified atom stereocenters. The van der Waals surface area contributed by atoms with Crippen molar-refractivity contribution in [3.8, 4) is 0 Å². The topological polar surface area (TPSA) is 81.0 Å². The van der Waals surface area contributed by atoms with E-state index in [-0.39, 0.29) is 23.2 Å². The molecule has 0 fully saturated rings. The summed E-state index contributed by atoms with van der Waals surface area (Å²) in [5.74, 6) is 0.0156. The molecular formula is C7H6Cl2N4O2. The van der Waals surface area contributed by atoms with Crippen LogP contribution in [0.4, 0.5) is 11.5 Å². The summed E-state index contributed by atoms with van der Waals surface area (Å²) >= 11 is 11.0. The molecule has 80 valence electrons. The maximum absolute atomic E-state index is 10.6. The number of hydrogen-bond acceptors (Lipinski definition) is 5. The van der Waals surface area contributed by atoms with Crippen LogP contribution in [0.15, 0.2) is 17.9 Å². The number of hydrogen-bond donors (Lipinski definition) is 1. The zero-order valence-corrected chi connectivity index (χ0v) is 8.92. The fourth-order valence-corrected chi connectivity index (χ4v) is 1.10. The number of nitrogens with zero attached hydrogens (tertiary/aromatic N) is 3. The third-order valence-corrected chi connectivity index (χ3v) is 1.82. The van der Waals surface area contributed by atoms with Gasteiger partial charge in [-0.1, -0.05) is 29.8 Å². The van der Waals surface area contributed by atoms with Crippen LogP contribution in [0.2, 0.25) is 5.15 Å². The highest BCUT2D eigenvalue weighted by Crippen LogP contribution is 2.28. The van der Waals surface area contributed by atoms with E-state index in [1.54, 1.807) is 0 Å². The zero-order valence-electron chi connectivity index (χ0n) is 7.41. The van der Waals surface area contributed by atoms with Crippen molar-refractivity contribution in [1.82, 2.24) is 9.97 Å². The largest absolute Gasteiger partial charge is 0.359 e. The summed E-state index contributed by atoms with van der Waals surface area (Å²) in [5, 5.41) is 13.3. The molecule has 0 bridgehead atoms. The van der Waals surface area contributed by atoms with Crippen molar-refractivity contribution in [1.29, 1.82) is 0 Å². The molecular weight excluding hydrogens is 243 g/mol. The quantitative estimate of drug-likeness (QED) is 0.502. The van der Waals surface area contributed by atoms with Crippen LogP contribution in [0.5, 0.6) is 0 Å². The molecule has 0 saturated carbocycles. The normalized spacial score (nSPS) is 9.73. The minimum atomic E-state index is -0.665. The van der Waals surface area contributed by atoms with E-state index in [9.17, 15) is 10.1 Å². The zero-order chi connectivity index (χ0) is 11.4. The van der Waals surface area contributed by atoms with Crippen molar-refractivity contribution in [2.75, 3.05) is 11.9 Å². The van der Waals surface area contributed by atoms with Crippen LogP contribution >= 0.6 is 23.2 Å². The van der Waals surface area contributed by atoms with Gasteiger partial charge >= 0.3 is 5.69 Å². The molecule has 0 saturated heterocycles. The van der Waals surface area contributed by atoms with Gasteiger partial charge in [-0.05, 0) is 0 Å². The molecule has 0 aliphatic heterocycles. The Kier molecular flexibility index (Phi) is 3.81. The lowest BCUT2D eigenvalue weighted by Crippen LogP contribution is -2.07. The lowest BCUT2D eigenvalue weighted by Gasteiger charge is -2.04. The maximum Gasteiger partial charge on any atom is 0.348 e. The molecule has 1 N–H and O–H groups in total. The highest BCUT2D eigenvalue weighted by atomic mass is 35.5. The second kappa shape index (κ2) is 4.90. The SMILES string of the molecule is C=C(Cl)CNc1ncnc(Cl)c1[N+](=O)[O-]. The third-order valence-electron chi connectivity index (χ3n) is 1.41. The van der Waals surface area contributed by atoms with E-state index in [0.29, 0.717) is 5.03 Å². The van der Waals surface area contributed by atoms with Crippen molar-refractivity contribution >= 4 is 34.7 Å². The van der Waals surface area contributed by atoms with Crippen molar-refractivity contribution in [2.45, 2.75) is 0 Å². The smallest absolute Gasteiger partial charge is 0.348 e. The number of aromatic nitrogens is 2. The summed E-state index contributed by atoms with van der Waals surface area (Å²) in [6, 6.07) is 0. The Morgan fingerprint density at radius 2 is 2.33 bits per heavy atom. The second-order valence-corrected chi connectivity index (χ2v) is 3.38. The van der Waals surface area contributed by atoms with Gasteiger partial charge in [0.2, 0.25) is 11.0 Å². The summed E-state index contributed by atoms with van der Waals surface area (Å²) in [5.41, 5.74) is -0.378. The Morgan fingerprint density at radius 1 is 1.67 bits per heavy atom. The Hall–Kier alpha value is -1.40. The van der Waals surface area contributed by atoms with E-state index in [4.69, 9.17) is 23.2 Å². The molecule has 1 heterocycles. The molecule has 0 aromatic carbocycles. The van der Waals surface area contributed by atoms with E-state index in [1.807, 2.05) is 0 Å². The first kappa shape index (κ1) is 11.7. The number of nitro groups is 1. The molecule has 0 radical (unpaired) electrons. The van der Waals surface area contributed by atoms with Gasteiger partial charge in [-0.25, -0.2) is 9.97 Å². The third kappa shape index (κ3) is 3.03. The Bertz CT molecular complexity index is 410. The van der Waals surface area contributed by atoms with E-state index >= 15 is 0 Å². The highest BCUT2D eigenvalue weighted by molar-refractivity contribution is 6.32. The standard InChI is InChI=1S/C7H6Cl2N4O2/c1-4(8)2-10-7-5(13(14)15)6(9)11-3-12-7/h3H,1-2H2,(H,10,11,12). The molecule has 0 amide bonds. The van der Waals surface area contributed by atoms with E-state index in [1.165, 1.54) is 0 Å². The van der Waals surface area contributed by atoms with Crippen molar-refractivity contribution in [3.05, 3.63) is 33.2 Å². The van der Waals surface area contributed by atoms with Gasteiger partial charge in [0, 0.05) is 5.03 Å².